The van der Waals surface area contributed by atoms with Crippen molar-refractivity contribution in [3.05, 3.63) is 36.8 Å². The molecule has 0 spiro atoms. The van der Waals surface area contributed by atoms with Crippen LogP contribution in [0.3, 0.4) is 0 Å². The van der Waals surface area contributed by atoms with E-state index in [2.05, 4.69) is 20.4 Å². The molecule has 1 unspecified atom stereocenters. The number of anilines is 1. The number of ether oxygens (including phenoxy) is 1. The minimum Gasteiger partial charge on any atom is -0.479 e. The van der Waals surface area contributed by atoms with E-state index >= 15 is 0 Å². The van der Waals surface area contributed by atoms with Gasteiger partial charge in [-0.1, -0.05) is 6.07 Å². The van der Waals surface area contributed by atoms with Crippen molar-refractivity contribution in [2.24, 2.45) is 0 Å². The minimum atomic E-state index is -3.73. The van der Waals surface area contributed by atoms with Crippen LogP contribution < -0.4 is 10.1 Å². The van der Waals surface area contributed by atoms with Gasteiger partial charge in [0.05, 0.1) is 49.9 Å². The summed E-state index contributed by atoms with van der Waals surface area (Å²) in [5.74, 6) is -3.23. The largest absolute Gasteiger partial charge is 0.479 e. The van der Waals surface area contributed by atoms with E-state index in [0.29, 0.717) is 5.52 Å². The van der Waals surface area contributed by atoms with Gasteiger partial charge < -0.3 is 14.6 Å². The van der Waals surface area contributed by atoms with E-state index in [-0.39, 0.29) is 31.3 Å². The zero-order chi connectivity index (χ0) is 25.7. The molecule has 1 aliphatic rings. The maximum absolute atomic E-state index is 14.8. The molecule has 1 fully saturated rings. The fourth-order valence-electron chi connectivity index (χ4n) is 4.45. The van der Waals surface area contributed by atoms with Crippen molar-refractivity contribution in [1.82, 2.24) is 28.5 Å². The average Bonchev–Trinajstić information content (AvgIpc) is 3.43. The van der Waals surface area contributed by atoms with E-state index in [4.69, 9.17) is 4.74 Å². The lowest BCUT2D eigenvalue weighted by Crippen LogP contribution is -2.55. The summed E-state index contributed by atoms with van der Waals surface area (Å²) >= 11 is 0. The second kappa shape index (κ2) is 8.92. The Labute approximate surface area is 204 Å². The summed E-state index contributed by atoms with van der Waals surface area (Å²) in [5, 5.41) is 7.00. The van der Waals surface area contributed by atoms with Gasteiger partial charge in [0.25, 0.3) is 5.92 Å². The van der Waals surface area contributed by atoms with Crippen LogP contribution >= 0.6 is 0 Å². The Morgan fingerprint density at radius 3 is 2.78 bits per heavy atom. The number of fused-ring (bicyclic) bond motifs is 2. The molecule has 1 aliphatic heterocycles. The number of aromatic nitrogens is 5. The highest BCUT2D eigenvalue weighted by molar-refractivity contribution is 7.88. The second-order valence-electron chi connectivity index (χ2n) is 8.64. The van der Waals surface area contributed by atoms with Crippen LogP contribution in [0.5, 0.6) is 5.88 Å². The molecule has 4 aromatic rings. The summed E-state index contributed by atoms with van der Waals surface area (Å²) in [6.45, 7) is -1.29. The first-order valence-corrected chi connectivity index (χ1v) is 13.0. The number of sulfonamides is 1. The predicted molar refractivity (Wildman–Crippen MR) is 128 cm³/mol. The van der Waals surface area contributed by atoms with Gasteiger partial charge in [0.1, 0.15) is 12.2 Å². The van der Waals surface area contributed by atoms with Crippen LogP contribution in [0, 0.1) is 0 Å². The number of imidazole rings is 1. The number of rotatable bonds is 7. The molecule has 5 rings (SSSR count). The first kappa shape index (κ1) is 24.3. The van der Waals surface area contributed by atoms with E-state index in [9.17, 15) is 21.6 Å². The Morgan fingerprint density at radius 2 is 2.08 bits per heavy atom. The smallest absolute Gasteiger partial charge is 0.281 e. The van der Waals surface area contributed by atoms with Gasteiger partial charge in [-0.05, 0) is 30.2 Å². The Balaban J connectivity index is 1.48. The Morgan fingerprint density at radius 1 is 1.28 bits per heavy atom. The van der Waals surface area contributed by atoms with Crippen molar-refractivity contribution in [2.45, 2.75) is 24.9 Å². The topological polar surface area (TPSA) is 107 Å². The van der Waals surface area contributed by atoms with Crippen molar-refractivity contribution in [2.75, 3.05) is 38.4 Å². The molecule has 1 N–H and O–H groups in total. The normalized spacial score (nSPS) is 18.6. The standard InChI is InChI=1S/C22H24F3N7O3S/c1-35-20-19-15(14-3-4-16-17(11-14)30(10-7-23)13-26-16)5-9-32(19)29-21(28-20)27-18-6-8-31(36(2,33)34)12-22(18,24)25/h3-5,9,11,13,18H,6-8,10,12H2,1-2H3,(H,27,29). The maximum Gasteiger partial charge on any atom is 0.281 e. The molecule has 0 bridgehead atoms. The summed E-state index contributed by atoms with van der Waals surface area (Å²) in [5.41, 5.74) is 3.56. The number of benzene rings is 1. The highest BCUT2D eigenvalue weighted by Crippen LogP contribution is 2.34. The zero-order valence-corrected chi connectivity index (χ0v) is 20.3. The van der Waals surface area contributed by atoms with E-state index in [0.717, 1.165) is 32.7 Å². The summed E-state index contributed by atoms with van der Waals surface area (Å²) in [6, 6.07) is 6.02. The molecule has 1 atom stereocenters. The number of alkyl halides is 3. The van der Waals surface area contributed by atoms with Crippen LogP contribution in [0.15, 0.2) is 36.8 Å². The molecule has 14 heteroatoms. The Kier molecular flexibility index (Phi) is 6.03. The molecule has 1 saturated heterocycles. The molecule has 192 valence electrons. The number of methoxy groups -OCH3 is 1. The van der Waals surface area contributed by atoms with Gasteiger partial charge in [0.2, 0.25) is 21.9 Å². The number of piperidine rings is 1. The van der Waals surface area contributed by atoms with Crippen LogP contribution in [0.25, 0.3) is 27.7 Å². The molecular formula is C22H24F3N7O3S. The van der Waals surface area contributed by atoms with Crippen molar-refractivity contribution < 1.29 is 26.3 Å². The van der Waals surface area contributed by atoms with Gasteiger partial charge in [-0.15, -0.1) is 5.10 Å². The average molecular weight is 524 g/mol. The predicted octanol–water partition coefficient (Wildman–Crippen LogP) is 2.81. The lowest BCUT2D eigenvalue weighted by Gasteiger charge is -2.37. The first-order valence-electron chi connectivity index (χ1n) is 11.1. The van der Waals surface area contributed by atoms with Crippen LogP contribution in [0.1, 0.15) is 6.42 Å². The highest BCUT2D eigenvalue weighted by Gasteiger charge is 2.47. The van der Waals surface area contributed by atoms with E-state index < -0.39 is 35.2 Å². The summed E-state index contributed by atoms with van der Waals surface area (Å²) in [6.07, 6.45) is 4.04. The van der Waals surface area contributed by atoms with Crippen molar-refractivity contribution in [3.8, 4) is 17.0 Å². The monoisotopic (exact) mass is 523 g/mol. The fourth-order valence-corrected chi connectivity index (χ4v) is 5.29. The summed E-state index contributed by atoms with van der Waals surface area (Å²) in [4.78, 5) is 8.60. The van der Waals surface area contributed by atoms with Gasteiger partial charge in [-0.3, -0.25) is 0 Å². The van der Waals surface area contributed by atoms with Crippen molar-refractivity contribution >= 4 is 32.5 Å². The van der Waals surface area contributed by atoms with Gasteiger partial charge in [-0.2, -0.15) is 9.29 Å². The number of nitrogens with one attached hydrogen (secondary N) is 1. The number of hydrogen-bond donors (Lipinski definition) is 1. The van der Waals surface area contributed by atoms with Gasteiger partial charge in [0.15, 0.2) is 0 Å². The molecule has 0 saturated carbocycles. The third-order valence-electron chi connectivity index (χ3n) is 6.27. The third kappa shape index (κ3) is 4.34. The van der Waals surface area contributed by atoms with Gasteiger partial charge >= 0.3 is 0 Å². The van der Waals surface area contributed by atoms with E-state index in [1.807, 2.05) is 18.2 Å². The third-order valence-corrected chi connectivity index (χ3v) is 7.52. The van der Waals surface area contributed by atoms with Gasteiger partial charge in [0, 0.05) is 18.3 Å². The number of aryl methyl sites for hydroxylation is 1. The SMILES string of the molecule is COc1nc(NC2CCN(S(C)(=O)=O)CC2(F)F)nn2ccc(-c3ccc4ncn(CCF)c4c3)c12. The molecule has 1 aromatic carbocycles. The fraction of sp³-hybridized carbons (Fsp3) is 0.409. The molecule has 0 aliphatic carbocycles. The molecule has 0 radical (unpaired) electrons. The van der Waals surface area contributed by atoms with Gasteiger partial charge in [-0.25, -0.2) is 31.1 Å². The maximum atomic E-state index is 14.8. The van der Waals surface area contributed by atoms with Crippen LogP contribution in [0.4, 0.5) is 19.1 Å². The van der Waals surface area contributed by atoms with Crippen LogP contribution in [0.2, 0.25) is 0 Å². The minimum absolute atomic E-state index is 0.0411. The quantitative estimate of drug-likeness (QED) is 0.397. The first-order chi connectivity index (χ1) is 17.1. The molecule has 3 aromatic heterocycles. The Bertz CT molecular complexity index is 1540. The highest BCUT2D eigenvalue weighted by atomic mass is 32.2. The molecular weight excluding hydrogens is 499 g/mol. The Hall–Kier alpha value is -3.39. The zero-order valence-electron chi connectivity index (χ0n) is 19.5. The second-order valence-corrected chi connectivity index (χ2v) is 10.6. The van der Waals surface area contributed by atoms with Crippen LogP contribution in [-0.2, 0) is 16.6 Å². The van der Waals surface area contributed by atoms with Crippen LogP contribution in [-0.4, -0.2) is 82.0 Å². The molecule has 0 amide bonds. The lowest BCUT2D eigenvalue weighted by atomic mass is 10.0. The van der Waals surface area contributed by atoms with Crippen molar-refractivity contribution in [1.29, 1.82) is 0 Å². The van der Waals surface area contributed by atoms with E-state index in [1.165, 1.54) is 11.6 Å². The number of halogens is 3. The number of hydrogen-bond acceptors (Lipinski definition) is 7. The molecule has 10 nitrogen and oxygen atoms in total. The summed E-state index contributed by atoms with van der Waals surface area (Å²) in [7, 11) is -2.31. The molecule has 36 heavy (non-hydrogen) atoms. The molecule has 4 heterocycles. The number of nitrogens with zero attached hydrogens (tertiary/aromatic N) is 6. The van der Waals surface area contributed by atoms with Crippen molar-refractivity contribution in [3.63, 3.8) is 0 Å². The van der Waals surface area contributed by atoms with E-state index in [1.54, 1.807) is 23.2 Å². The lowest BCUT2D eigenvalue weighted by molar-refractivity contribution is -0.0541. The summed E-state index contributed by atoms with van der Waals surface area (Å²) < 4.78 is 75.3.